The number of nitrogens with zero attached hydrogens (tertiary/aromatic N) is 2. The Balaban J connectivity index is 1.67. The third-order valence-electron chi connectivity index (χ3n) is 5.18. The molecule has 1 aliphatic heterocycles. The number of benzene rings is 1. The molecule has 2 aromatic heterocycles. The molecule has 0 unspecified atom stereocenters. The molecule has 33 heavy (non-hydrogen) atoms. The number of aromatic nitrogens is 2. The lowest BCUT2D eigenvalue weighted by Crippen LogP contribution is -2.16. The van der Waals surface area contributed by atoms with Crippen molar-refractivity contribution in [3.05, 3.63) is 76.6 Å². The summed E-state index contributed by atoms with van der Waals surface area (Å²) in [6, 6.07) is 9.66. The fourth-order valence-electron chi connectivity index (χ4n) is 3.69. The van der Waals surface area contributed by atoms with Gasteiger partial charge in [0.2, 0.25) is 11.7 Å². The first-order valence-corrected chi connectivity index (χ1v) is 10.7. The molecule has 8 nitrogen and oxygen atoms in total. The van der Waals surface area contributed by atoms with Gasteiger partial charge in [0.1, 0.15) is 5.65 Å². The smallest absolute Gasteiger partial charge is 0.347 e. The Hall–Kier alpha value is -3.91. The van der Waals surface area contributed by atoms with Gasteiger partial charge in [-0.1, -0.05) is 12.1 Å². The molecular formula is C25H26N4O4. The number of esters is 1. The Morgan fingerprint density at radius 3 is 2.85 bits per heavy atom. The van der Waals surface area contributed by atoms with Crippen LogP contribution in [0, 0.1) is 6.92 Å². The Bertz CT molecular complexity index is 1290. The number of aromatic amines is 1. The van der Waals surface area contributed by atoms with Crippen LogP contribution in [0.4, 0.5) is 5.69 Å². The lowest BCUT2D eigenvalue weighted by molar-refractivity contribution is -0.139. The van der Waals surface area contributed by atoms with E-state index in [1.54, 1.807) is 25.4 Å². The molecule has 3 aromatic rings. The molecule has 0 amide bonds. The van der Waals surface area contributed by atoms with Crippen LogP contribution >= 0.6 is 0 Å². The molecule has 1 aromatic carbocycles. The first-order chi connectivity index (χ1) is 15.9. The number of anilines is 1. The van der Waals surface area contributed by atoms with E-state index in [1.165, 1.54) is 0 Å². The Labute approximate surface area is 191 Å². The predicted molar refractivity (Wildman–Crippen MR) is 126 cm³/mol. The van der Waals surface area contributed by atoms with Gasteiger partial charge < -0.3 is 24.7 Å². The van der Waals surface area contributed by atoms with Crippen molar-refractivity contribution in [1.29, 1.82) is 0 Å². The average Bonchev–Trinajstić information content (AvgIpc) is 3.31. The van der Waals surface area contributed by atoms with E-state index in [-0.39, 0.29) is 23.8 Å². The van der Waals surface area contributed by atoms with Gasteiger partial charge in [-0.3, -0.25) is 4.79 Å². The van der Waals surface area contributed by atoms with Gasteiger partial charge >= 0.3 is 5.97 Å². The highest BCUT2D eigenvalue weighted by Gasteiger charge is 2.37. The van der Waals surface area contributed by atoms with E-state index in [0.717, 1.165) is 34.3 Å². The summed E-state index contributed by atoms with van der Waals surface area (Å²) in [6.07, 6.45) is 5.02. The highest BCUT2D eigenvalue weighted by atomic mass is 16.5. The fraction of sp³-hybridized carbons (Fsp3) is 0.240. The van der Waals surface area contributed by atoms with Gasteiger partial charge in [-0.05, 0) is 63.3 Å². The summed E-state index contributed by atoms with van der Waals surface area (Å²) < 4.78 is 11.0. The largest absolute Gasteiger partial charge is 0.462 e. The van der Waals surface area contributed by atoms with Gasteiger partial charge in [0.05, 0.1) is 6.61 Å². The number of fused-ring (bicyclic) bond motifs is 1. The van der Waals surface area contributed by atoms with Crippen LogP contribution in [-0.2, 0) is 25.6 Å². The number of carbonyl (C=O) groups is 2. The number of H-pyrrole nitrogens is 1. The molecule has 1 aliphatic rings. The Morgan fingerprint density at radius 1 is 1.30 bits per heavy atom. The minimum Gasteiger partial charge on any atom is -0.462 e. The maximum absolute atomic E-state index is 13.1. The highest BCUT2D eigenvalue weighted by Crippen LogP contribution is 2.31. The number of nitrogens with one attached hydrogen (secondary N) is 2. The van der Waals surface area contributed by atoms with Crippen molar-refractivity contribution in [3.63, 3.8) is 0 Å². The molecule has 0 atom stereocenters. The minimum absolute atomic E-state index is 0.0344. The molecule has 0 saturated heterocycles. The number of rotatable bonds is 7. The number of carbonyl (C=O) groups excluding carboxylic acids is 2. The monoisotopic (exact) mass is 446 g/mol. The van der Waals surface area contributed by atoms with Crippen molar-refractivity contribution in [2.75, 3.05) is 26.0 Å². The third kappa shape index (κ3) is 4.65. The summed E-state index contributed by atoms with van der Waals surface area (Å²) in [4.78, 5) is 35.1. The molecule has 4 rings (SSSR count). The van der Waals surface area contributed by atoms with Gasteiger partial charge in [-0.25, -0.2) is 9.78 Å². The summed E-state index contributed by atoms with van der Waals surface area (Å²) in [5.41, 5.74) is 4.12. The van der Waals surface area contributed by atoms with Crippen LogP contribution in [0.2, 0.25) is 0 Å². The lowest BCUT2D eigenvalue weighted by atomic mass is 10.1. The number of hydrogen-bond acceptors (Lipinski definition) is 7. The van der Waals surface area contributed by atoms with E-state index >= 15 is 0 Å². The van der Waals surface area contributed by atoms with Crippen LogP contribution in [0.15, 0.2) is 59.9 Å². The molecule has 0 radical (unpaired) electrons. The van der Waals surface area contributed by atoms with E-state index in [9.17, 15) is 9.59 Å². The molecule has 0 aliphatic carbocycles. The number of ketones is 1. The topological polar surface area (TPSA) is 96.6 Å². The normalized spacial score (nSPS) is 14.9. The maximum atomic E-state index is 13.1. The number of Topliss-reactive ketones (excluding diaryl/α,β-unsaturated/α-hetero) is 1. The zero-order valence-corrected chi connectivity index (χ0v) is 19.1. The quantitative estimate of drug-likeness (QED) is 0.324. The van der Waals surface area contributed by atoms with Gasteiger partial charge in [-0.15, -0.1) is 0 Å². The van der Waals surface area contributed by atoms with Crippen molar-refractivity contribution in [1.82, 2.24) is 14.9 Å². The summed E-state index contributed by atoms with van der Waals surface area (Å²) in [7, 11) is 4.01. The van der Waals surface area contributed by atoms with Crippen molar-refractivity contribution >= 4 is 34.5 Å². The van der Waals surface area contributed by atoms with Gasteiger partial charge in [-0.2, -0.15) is 0 Å². The van der Waals surface area contributed by atoms with Crippen molar-refractivity contribution < 1.29 is 19.1 Å². The second-order valence-electron chi connectivity index (χ2n) is 8.02. The average molecular weight is 447 g/mol. The zero-order valence-electron chi connectivity index (χ0n) is 19.1. The fourth-order valence-corrected chi connectivity index (χ4v) is 3.69. The Morgan fingerprint density at radius 2 is 2.12 bits per heavy atom. The van der Waals surface area contributed by atoms with Gasteiger partial charge in [0.25, 0.3) is 0 Å². The molecular weight excluding hydrogens is 420 g/mol. The predicted octanol–water partition coefficient (Wildman–Crippen LogP) is 3.76. The molecule has 3 heterocycles. The molecule has 0 fully saturated rings. The number of pyridine rings is 1. The zero-order chi connectivity index (χ0) is 23.5. The third-order valence-corrected chi connectivity index (χ3v) is 5.18. The van der Waals surface area contributed by atoms with Gasteiger partial charge in [0, 0.05) is 35.6 Å². The molecule has 8 heteroatoms. The van der Waals surface area contributed by atoms with E-state index in [1.807, 2.05) is 45.3 Å². The number of aryl methyl sites for hydroxylation is 1. The van der Waals surface area contributed by atoms with Crippen molar-refractivity contribution in [3.8, 4) is 0 Å². The summed E-state index contributed by atoms with van der Waals surface area (Å²) >= 11 is 0. The second kappa shape index (κ2) is 9.30. The lowest BCUT2D eigenvalue weighted by Gasteiger charge is -2.14. The molecule has 0 spiro atoms. The van der Waals surface area contributed by atoms with E-state index < -0.39 is 11.8 Å². The second-order valence-corrected chi connectivity index (χ2v) is 8.02. The van der Waals surface area contributed by atoms with E-state index in [0.29, 0.717) is 5.65 Å². The van der Waals surface area contributed by atoms with Crippen LogP contribution in [0.1, 0.15) is 23.6 Å². The summed E-state index contributed by atoms with van der Waals surface area (Å²) in [5.74, 6) is -1.16. The molecule has 0 saturated carbocycles. The number of allylic oxidation sites excluding steroid dienone is 1. The molecule has 170 valence electrons. The van der Waals surface area contributed by atoms with Crippen molar-refractivity contribution in [2.45, 2.75) is 20.4 Å². The highest BCUT2D eigenvalue weighted by molar-refractivity contribution is 6.26. The van der Waals surface area contributed by atoms with Crippen LogP contribution in [-0.4, -0.2) is 47.3 Å². The van der Waals surface area contributed by atoms with Crippen LogP contribution in [0.25, 0.3) is 17.1 Å². The summed E-state index contributed by atoms with van der Waals surface area (Å²) in [5, 5.41) is 3.96. The molecule has 2 N–H and O–H groups in total. The number of ether oxygens (including phenoxy) is 2. The SMILES string of the molecule is CCOC(=O)C1=C(Nc2ccc(CN(C)C)cc2C)O/C(=C\c2c[nH]c3ncccc23)C1=O. The summed E-state index contributed by atoms with van der Waals surface area (Å²) in [6.45, 7) is 4.60. The van der Waals surface area contributed by atoms with Gasteiger partial charge in [0.15, 0.2) is 11.3 Å². The van der Waals surface area contributed by atoms with E-state index in [2.05, 4.69) is 26.3 Å². The van der Waals surface area contributed by atoms with Crippen LogP contribution < -0.4 is 5.32 Å². The van der Waals surface area contributed by atoms with E-state index in [4.69, 9.17) is 9.47 Å². The van der Waals surface area contributed by atoms with Crippen molar-refractivity contribution in [2.24, 2.45) is 0 Å². The minimum atomic E-state index is -0.726. The maximum Gasteiger partial charge on any atom is 0.347 e. The van der Waals surface area contributed by atoms with Crippen LogP contribution in [0.5, 0.6) is 0 Å². The first kappa shape index (κ1) is 22.3. The molecule has 0 bridgehead atoms. The first-order valence-electron chi connectivity index (χ1n) is 10.7. The Kier molecular flexibility index (Phi) is 6.28. The van der Waals surface area contributed by atoms with Crippen LogP contribution in [0.3, 0.4) is 0 Å². The standard InChI is InChI=1S/C25H26N4O4/c1-5-32-25(31)21-22(30)20(12-17-13-27-23-18(17)7-6-10-26-23)33-24(21)28-19-9-8-16(11-15(19)2)14-29(3)4/h6-13,28H,5,14H2,1-4H3,(H,26,27)/b20-12-. The number of hydrogen-bond donors (Lipinski definition) is 2.